The van der Waals surface area contributed by atoms with E-state index in [1.807, 2.05) is 18.2 Å². The van der Waals surface area contributed by atoms with E-state index in [1.165, 1.54) is 0 Å². The number of hydrogen-bond acceptors (Lipinski definition) is 4. The zero-order valence-electron chi connectivity index (χ0n) is 14.8. The van der Waals surface area contributed by atoms with E-state index in [9.17, 15) is 8.42 Å². The summed E-state index contributed by atoms with van der Waals surface area (Å²) in [6.45, 7) is 1.19. The predicted octanol–water partition coefficient (Wildman–Crippen LogP) is 3.62. The fraction of sp³-hybridized carbons (Fsp3) is 0.400. The Bertz CT molecular complexity index is 900. The summed E-state index contributed by atoms with van der Waals surface area (Å²) in [4.78, 5) is 0.262. The standard InChI is InChI=1S/C20H22ClNO4S/c21-16-6-4-14(5-7-16)15-2-1-3-18(12-15)27(23,24)22-17-8-9-19-20(13-17)26-11-10-25-19/h1-7,12,17,19-20,22H,8-11,13H2. The zero-order valence-corrected chi connectivity index (χ0v) is 16.4. The second kappa shape index (κ2) is 7.89. The fourth-order valence-corrected chi connectivity index (χ4v) is 5.20. The first-order chi connectivity index (χ1) is 13.0. The van der Waals surface area contributed by atoms with Crippen molar-refractivity contribution in [3.05, 3.63) is 53.6 Å². The van der Waals surface area contributed by atoms with Crippen LogP contribution in [-0.4, -0.2) is 39.9 Å². The topological polar surface area (TPSA) is 64.6 Å². The lowest BCUT2D eigenvalue weighted by molar-refractivity contribution is -0.156. The van der Waals surface area contributed by atoms with E-state index in [1.54, 1.807) is 30.3 Å². The Morgan fingerprint density at radius 3 is 2.44 bits per heavy atom. The Balaban J connectivity index is 1.50. The minimum atomic E-state index is -3.61. The summed E-state index contributed by atoms with van der Waals surface area (Å²) in [6, 6.07) is 14.2. The molecule has 1 heterocycles. The van der Waals surface area contributed by atoms with E-state index in [0.717, 1.165) is 24.0 Å². The van der Waals surface area contributed by atoms with E-state index < -0.39 is 10.0 Å². The number of rotatable bonds is 4. The number of fused-ring (bicyclic) bond motifs is 1. The summed E-state index contributed by atoms with van der Waals surface area (Å²) in [6.07, 6.45) is 2.26. The third kappa shape index (κ3) is 4.36. The van der Waals surface area contributed by atoms with Gasteiger partial charge in [-0.1, -0.05) is 35.9 Å². The Morgan fingerprint density at radius 1 is 0.926 bits per heavy atom. The molecule has 0 radical (unpaired) electrons. The number of ether oxygens (including phenoxy) is 2. The third-order valence-corrected chi connectivity index (χ3v) is 6.89. The van der Waals surface area contributed by atoms with Crippen LogP contribution in [0.2, 0.25) is 5.02 Å². The Labute approximate surface area is 164 Å². The molecule has 0 bridgehead atoms. The van der Waals surface area contributed by atoms with E-state index in [-0.39, 0.29) is 23.1 Å². The molecule has 3 atom stereocenters. The molecule has 2 aromatic carbocycles. The van der Waals surface area contributed by atoms with Gasteiger partial charge in [-0.15, -0.1) is 0 Å². The Morgan fingerprint density at radius 2 is 1.67 bits per heavy atom. The second-order valence-corrected chi connectivity index (χ2v) is 9.13. The summed E-state index contributed by atoms with van der Waals surface area (Å²) in [5.74, 6) is 0. The average Bonchev–Trinajstić information content (AvgIpc) is 2.68. The highest BCUT2D eigenvalue weighted by Crippen LogP contribution is 2.29. The molecule has 1 saturated heterocycles. The van der Waals surface area contributed by atoms with Gasteiger partial charge >= 0.3 is 0 Å². The highest BCUT2D eigenvalue weighted by atomic mass is 35.5. The van der Waals surface area contributed by atoms with Crippen LogP contribution in [0, 0.1) is 0 Å². The van der Waals surface area contributed by atoms with Crippen molar-refractivity contribution >= 4 is 21.6 Å². The van der Waals surface area contributed by atoms with Crippen LogP contribution in [-0.2, 0) is 19.5 Å². The Kier molecular flexibility index (Phi) is 5.53. The van der Waals surface area contributed by atoms with Crippen molar-refractivity contribution in [2.24, 2.45) is 0 Å². The predicted molar refractivity (Wildman–Crippen MR) is 104 cm³/mol. The lowest BCUT2D eigenvalue weighted by Crippen LogP contribution is -2.49. The quantitative estimate of drug-likeness (QED) is 0.840. The van der Waals surface area contributed by atoms with Gasteiger partial charge in [-0.3, -0.25) is 0 Å². The maximum Gasteiger partial charge on any atom is 0.240 e. The monoisotopic (exact) mass is 407 g/mol. The summed E-state index contributed by atoms with van der Waals surface area (Å²) in [5.41, 5.74) is 1.76. The molecule has 3 unspecified atom stereocenters. The first kappa shape index (κ1) is 18.9. The molecule has 1 saturated carbocycles. The molecule has 1 aliphatic heterocycles. The number of sulfonamides is 1. The van der Waals surface area contributed by atoms with Crippen molar-refractivity contribution < 1.29 is 17.9 Å². The van der Waals surface area contributed by atoms with Crippen LogP contribution in [0.1, 0.15) is 19.3 Å². The fourth-order valence-electron chi connectivity index (χ4n) is 3.75. The SMILES string of the molecule is O=S(=O)(NC1CCC2OCCOC2C1)c1cccc(-c2ccc(Cl)cc2)c1. The van der Waals surface area contributed by atoms with Gasteiger partial charge < -0.3 is 9.47 Å². The Hall–Kier alpha value is -1.44. The van der Waals surface area contributed by atoms with Gasteiger partial charge in [0.05, 0.1) is 30.3 Å². The van der Waals surface area contributed by atoms with Crippen molar-refractivity contribution in [1.82, 2.24) is 4.72 Å². The van der Waals surface area contributed by atoms with E-state index >= 15 is 0 Å². The van der Waals surface area contributed by atoms with Crippen LogP contribution in [0.25, 0.3) is 11.1 Å². The van der Waals surface area contributed by atoms with Crippen molar-refractivity contribution in [3.8, 4) is 11.1 Å². The van der Waals surface area contributed by atoms with Crippen LogP contribution in [0.3, 0.4) is 0 Å². The molecular formula is C20H22ClNO4S. The minimum absolute atomic E-state index is 0.0272. The van der Waals surface area contributed by atoms with Crippen LogP contribution < -0.4 is 4.72 Å². The minimum Gasteiger partial charge on any atom is -0.373 e. The maximum absolute atomic E-state index is 12.9. The van der Waals surface area contributed by atoms with Gasteiger partial charge in [0, 0.05) is 11.1 Å². The molecule has 1 aliphatic carbocycles. The summed E-state index contributed by atoms with van der Waals surface area (Å²) in [5, 5.41) is 0.647. The highest BCUT2D eigenvalue weighted by molar-refractivity contribution is 7.89. The highest BCUT2D eigenvalue weighted by Gasteiger charge is 2.35. The van der Waals surface area contributed by atoms with Gasteiger partial charge in [-0.2, -0.15) is 0 Å². The molecule has 4 rings (SSSR count). The first-order valence-electron chi connectivity index (χ1n) is 9.13. The van der Waals surface area contributed by atoms with Crippen LogP contribution in [0.15, 0.2) is 53.4 Å². The molecule has 2 fully saturated rings. The lowest BCUT2D eigenvalue weighted by Gasteiger charge is -2.38. The lowest BCUT2D eigenvalue weighted by atomic mass is 9.90. The van der Waals surface area contributed by atoms with Crippen LogP contribution >= 0.6 is 11.6 Å². The van der Waals surface area contributed by atoms with Gasteiger partial charge in [-0.25, -0.2) is 13.1 Å². The molecule has 27 heavy (non-hydrogen) atoms. The third-order valence-electron chi connectivity index (χ3n) is 5.12. The van der Waals surface area contributed by atoms with Crippen molar-refractivity contribution in [1.29, 1.82) is 0 Å². The van der Waals surface area contributed by atoms with Crippen molar-refractivity contribution in [2.45, 2.75) is 42.4 Å². The molecule has 2 aliphatic rings. The molecule has 5 nitrogen and oxygen atoms in total. The second-order valence-electron chi connectivity index (χ2n) is 6.98. The van der Waals surface area contributed by atoms with E-state index in [0.29, 0.717) is 24.7 Å². The smallest absolute Gasteiger partial charge is 0.240 e. The van der Waals surface area contributed by atoms with Gasteiger partial charge in [0.25, 0.3) is 0 Å². The van der Waals surface area contributed by atoms with Gasteiger partial charge in [-0.05, 0) is 54.7 Å². The van der Waals surface area contributed by atoms with Crippen LogP contribution in [0.4, 0.5) is 0 Å². The maximum atomic E-state index is 12.9. The molecule has 1 N–H and O–H groups in total. The molecular weight excluding hydrogens is 386 g/mol. The van der Waals surface area contributed by atoms with Gasteiger partial charge in [0.15, 0.2) is 0 Å². The first-order valence-corrected chi connectivity index (χ1v) is 11.0. The number of halogens is 1. The van der Waals surface area contributed by atoms with Gasteiger partial charge in [0.2, 0.25) is 10.0 Å². The molecule has 7 heteroatoms. The van der Waals surface area contributed by atoms with E-state index in [2.05, 4.69) is 4.72 Å². The van der Waals surface area contributed by atoms with Crippen molar-refractivity contribution in [2.75, 3.05) is 13.2 Å². The zero-order chi connectivity index (χ0) is 18.9. The van der Waals surface area contributed by atoms with E-state index in [4.69, 9.17) is 21.1 Å². The average molecular weight is 408 g/mol. The van der Waals surface area contributed by atoms with Crippen LogP contribution in [0.5, 0.6) is 0 Å². The summed E-state index contributed by atoms with van der Waals surface area (Å²) >= 11 is 5.94. The van der Waals surface area contributed by atoms with Crippen molar-refractivity contribution in [3.63, 3.8) is 0 Å². The number of benzene rings is 2. The number of hydrogen-bond donors (Lipinski definition) is 1. The van der Waals surface area contributed by atoms with Gasteiger partial charge in [0.1, 0.15) is 0 Å². The normalized spacial score (nSPS) is 25.7. The molecule has 0 amide bonds. The largest absolute Gasteiger partial charge is 0.373 e. The summed E-state index contributed by atoms with van der Waals surface area (Å²) in [7, 11) is -3.61. The molecule has 0 spiro atoms. The molecule has 0 aromatic heterocycles. The molecule has 2 aromatic rings. The number of nitrogens with one attached hydrogen (secondary N) is 1. The summed E-state index contributed by atoms with van der Waals surface area (Å²) < 4.78 is 40.1. The molecule has 144 valence electrons.